The quantitative estimate of drug-likeness (QED) is 0.359. The molecule has 146 valence electrons. The number of ether oxygens (including phenoxy) is 1. The minimum absolute atomic E-state index is 0.0346. The summed E-state index contributed by atoms with van der Waals surface area (Å²) >= 11 is 0. The Morgan fingerprint density at radius 1 is 1.44 bits per heavy atom. The lowest BCUT2D eigenvalue weighted by Crippen LogP contribution is -2.36. The third kappa shape index (κ3) is 3.77. The molecule has 7 N–H and O–H groups in total. The molecule has 0 saturated carbocycles. The van der Waals surface area contributed by atoms with Crippen molar-refractivity contribution in [3.8, 4) is 0 Å². The van der Waals surface area contributed by atoms with Gasteiger partial charge in [-0.05, 0) is 10.9 Å². The van der Waals surface area contributed by atoms with Crippen LogP contribution in [0.1, 0.15) is 6.42 Å². The van der Waals surface area contributed by atoms with Gasteiger partial charge in [0.25, 0.3) is 0 Å². The van der Waals surface area contributed by atoms with Crippen molar-refractivity contribution < 1.29 is 24.9 Å². The number of hydrogen-bond donors (Lipinski definition) is 5. The Bertz CT molecular complexity index is 887. The van der Waals surface area contributed by atoms with E-state index in [0.29, 0.717) is 29.1 Å². The van der Waals surface area contributed by atoms with E-state index < -0.39 is 24.2 Å². The monoisotopic (exact) mass is 397 g/mol. The zero-order valence-corrected chi connectivity index (χ0v) is 15.3. The summed E-state index contributed by atoms with van der Waals surface area (Å²) in [4.78, 5) is 22.9. The summed E-state index contributed by atoms with van der Waals surface area (Å²) in [5.41, 5.74) is 12.0. The Hall–Kier alpha value is -2.57. The number of aromatic nitrogens is 4. The molecule has 0 radical (unpaired) electrons. The van der Waals surface area contributed by atoms with Crippen LogP contribution in [0, 0.1) is 0 Å². The maximum atomic E-state index is 10.8. The highest BCUT2D eigenvalue weighted by Crippen LogP contribution is 2.30. The van der Waals surface area contributed by atoms with E-state index in [1.54, 1.807) is 0 Å². The smallest absolute Gasteiger partial charge is 0.320 e. The molecule has 2 unspecified atom stereocenters. The summed E-state index contributed by atoms with van der Waals surface area (Å²) in [7, 11) is -0.262. The highest BCUT2D eigenvalue weighted by Gasteiger charge is 2.41. The van der Waals surface area contributed by atoms with Crippen LogP contribution in [0.4, 0.5) is 5.82 Å². The van der Waals surface area contributed by atoms with Crippen molar-refractivity contribution in [2.75, 3.05) is 23.5 Å². The fraction of sp³-hybridized carbons (Fsp3) is 0.467. The molecule has 0 aliphatic carbocycles. The molecule has 0 fully saturated rings. The number of aliphatic hydroxyl groups excluding tert-OH is 2. The molecule has 0 aromatic carbocycles. The zero-order valence-electron chi connectivity index (χ0n) is 14.5. The fourth-order valence-corrected chi connectivity index (χ4v) is 4.33. The van der Waals surface area contributed by atoms with Gasteiger partial charge in [-0.1, -0.05) is 0 Å². The maximum Gasteiger partial charge on any atom is 0.320 e. The van der Waals surface area contributed by atoms with Crippen molar-refractivity contribution in [1.29, 1.82) is 0 Å². The number of nitrogens with two attached hydrogens (primary N) is 2. The van der Waals surface area contributed by atoms with Crippen LogP contribution in [0.2, 0.25) is 0 Å². The summed E-state index contributed by atoms with van der Waals surface area (Å²) in [5, 5.41) is 29.5. The Kier molecular flexibility index (Phi) is 5.39. The summed E-state index contributed by atoms with van der Waals surface area (Å²) in [6, 6.07) is -0.918. The largest absolute Gasteiger partial charge is 0.505 e. The first-order valence-electron chi connectivity index (χ1n) is 8.08. The predicted molar refractivity (Wildman–Crippen MR) is 99.7 cm³/mol. The Morgan fingerprint density at radius 3 is 2.89 bits per heavy atom. The summed E-state index contributed by atoms with van der Waals surface area (Å²) < 4.78 is 7.17. The molecule has 2 aromatic heterocycles. The Morgan fingerprint density at radius 2 is 2.19 bits per heavy atom. The molecule has 1 aliphatic rings. The normalized spacial score (nSPS) is 22.0. The maximum absolute atomic E-state index is 10.8. The van der Waals surface area contributed by atoms with E-state index in [2.05, 4.69) is 15.0 Å². The second kappa shape index (κ2) is 7.58. The van der Waals surface area contributed by atoms with Crippen LogP contribution in [0.15, 0.2) is 18.4 Å². The molecule has 11 nitrogen and oxygen atoms in total. The molecule has 2 aromatic rings. The van der Waals surface area contributed by atoms with Crippen molar-refractivity contribution in [1.82, 2.24) is 19.5 Å². The number of aliphatic hydroxyl groups is 2. The second-order valence-corrected chi connectivity index (χ2v) is 8.53. The van der Waals surface area contributed by atoms with E-state index >= 15 is 0 Å². The number of anilines is 1. The fourth-order valence-electron chi connectivity index (χ4n) is 2.69. The van der Waals surface area contributed by atoms with E-state index in [1.807, 2.05) is 6.26 Å². The number of carboxylic acids is 1. The lowest BCUT2D eigenvalue weighted by atomic mass is 10.2. The van der Waals surface area contributed by atoms with Crippen molar-refractivity contribution in [3.05, 3.63) is 18.4 Å². The molecule has 4 atom stereocenters. The highest BCUT2D eigenvalue weighted by molar-refractivity contribution is 7.96. The van der Waals surface area contributed by atoms with Crippen molar-refractivity contribution in [2.45, 2.75) is 24.7 Å². The van der Waals surface area contributed by atoms with Gasteiger partial charge in [-0.3, -0.25) is 4.79 Å². The van der Waals surface area contributed by atoms with Gasteiger partial charge in [0, 0.05) is 6.42 Å². The van der Waals surface area contributed by atoms with Crippen LogP contribution < -0.4 is 11.5 Å². The van der Waals surface area contributed by atoms with Crippen LogP contribution >= 0.6 is 0 Å². The highest BCUT2D eigenvalue weighted by atomic mass is 32.2. The topological polar surface area (TPSA) is 183 Å². The minimum Gasteiger partial charge on any atom is -0.505 e. The number of nitrogens with zero attached hydrogens (tertiary/aromatic N) is 4. The van der Waals surface area contributed by atoms with Crippen LogP contribution in [0.5, 0.6) is 0 Å². The number of carbonyl (C=O) groups is 1. The van der Waals surface area contributed by atoms with Gasteiger partial charge in [0.2, 0.25) is 5.88 Å². The zero-order chi connectivity index (χ0) is 19.7. The summed E-state index contributed by atoms with van der Waals surface area (Å²) in [6.07, 6.45) is 3.03. The number of carboxylic acid groups (broad SMARTS) is 1. The first-order chi connectivity index (χ1) is 12.8. The molecule has 1 aliphatic heterocycles. The van der Waals surface area contributed by atoms with E-state index in [0.717, 1.165) is 0 Å². The number of aliphatic carboxylic acids is 1. The molecular formula is C15H21N6O5S+. The van der Waals surface area contributed by atoms with Gasteiger partial charge in [0.15, 0.2) is 34.9 Å². The summed E-state index contributed by atoms with van der Waals surface area (Å²) in [6.45, 7) is 0. The van der Waals surface area contributed by atoms with E-state index in [-0.39, 0.29) is 28.4 Å². The number of fused-ring (bicyclic) bond motifs is 1. The lowest BCUT2D eigenvalue weighted by Gasteiger charge is -2.15. The van der Waals surface area contributed by atoms with Gasteiger partial charge < -0.3 is 31.5 Å². The third-order valence-electron chi connectivity index (χ3n) is 4.24. The average Bonchev–Trinajstić information content (AvgIpc) is 3.17. The Balaban J connectivity index is 1.71. The predicted octanol–water partition coefficient (Wildman–Crippen LogP) is -1.10. The van der Waals surface area contributed by atoms with Crippen LogP contribution in [-0.2, 0) is 20.4 Å². The van der Waals surface area contributed by atoms with Gasteiger partial charge in [0.05, 0.1) is 6.26 Å². The van der Waals surface area contributed by atoms with Gasteiger partial charge in [0.1, 0.15) is 30.2 Å². The molecular weight excluding hydrogens is 376 g/mol. The first kappa shape index (κ1) is 19.2. The second-order valence-electron chi connectivity index (χ2n) is 6.22. The van der Waals surface area contributed by atoms with Crippen molar-refractivity contribution in [2.24, 2.45) is 5.73 Å². The molecule has 12 heteroatoms. The Labute approximate surface area is 157 Å². The molecule has 27 heavy (non-hydrogen) atoms. The van der Waals surface area contributed by atoms with Crippen LogP contribution in [0.3, 0.4) is 0 Å². The summed E-state index contributed by atoms with van der Waals surface area (Å²) in [5.74, 6) is -0.125. The SMILES string of the molecule is C[S+](CCC(N)C(=O)O)C[C@@H]1OC(n2cnc3c(N)ncnc32)=C(O)[C@@H]1O. The number of imidazole rings is 1. The van der Waals surface area contributed by atoms with Gasteiger partial charge >= 0.3 is 5.97 Å². The van der Waals surface area contributed by atoms with E-state index in [4.69, 9.17) is 21.3 Å². The molecule has 0 bridgehead atoms. The number of rotatable bonds is 7. The minimum atomic E-state index is -1.21. The van der Waals surface area contributed by atoms with Crippen LogP contribution in [0.25, 0.3) is 17.0 Å². The van der Waals surface area contributed by atoms with Crippen molar-refractivity contribution >= 4 is 39.7 Å². The molecule has 0 spiro atoms. The number of hydrogen-bond acceptors (Lipinski definition) is 9. The van der Waals surface area contributed by atoms with Crippen LogP contribution in [-0.4, -0.2) is 76.8 Å². The number of nitrogen functional groups attached to an aromatic ring is 1. The molecule has 3 rings (SSSR count). The van der Waals surface area contributed by atoms with Gasteiger partial charge in [-0.2, -0.15) is 0 Å². The van der Waals surface area contributed by atoms with E-state index in [1.165, 1.54) is 17.2 Å². The average molecular weight is 397 g/mol. The third-order valence-corrected chi connectivity index (χ3v) is 6.07. The van der Waals surface area contributed by atoms with Gasteiger partial charge in [-0.25, -0.2) is 19.5 Å². The first-order valence-corrected chi connectivity index (χ1v) is 10.1. The molecule has 0 amide bonds. The standard InChI is InChI=1S/C15H20N6O5S/c1-27(3-2-7(16)15(24)25)4-8-10(22)11(23)14(26-8)21-6-20-9-12(17)18-5-19-13(9)21/h5-8,10,22H,2-4,16H2,1H3,(H3-,17,18,19,23,24,25)/p+1/t7?,8-,10+,27?/m0/s1. The molecule has 0 saturated heterocycles. The lowest BCUT2D eigenvalue weighted by molar-refractivity contribution is -0.138. The molecule has 3 heterocycles. The van der Waals surface area contributed by atoms with Gasteiger partial charge in [-0.15, -0.1) is 0 Å². The van der Waals surface area contributed by atoms with E-state index in [9.17, 15) is 15.0 Å². The van der Waals surface area contributed by atoms with Crippen molar-refractivity contribution in [3.63, 3.8) is 0 Å².